The summed E-state index contributed by atoms with van der Waals surface area (Å²) in [5, 5.41) is 22.8. The van der Waals surface area contributed by atoms with Crippen LogP contribution >= 0.6 is 0 Å². The molecule has 4 saturated carbocycles. The van der Waals surface area contributed by atoms with Crippen LogP contribution in [0.3, 0.4) is 0 Å². The number of aliphatic hydroxyl groups excluding tert-OH is 2. The van der Waals surface area contributed by atoms with Gasteiger partial charge in [0, 0.05) is 0 Å². The van der Waals surface area contributed by atoms with Crippen LogP contribution in [0, 0.1) is 50.2 Å². The first-order valence-electron chi connectivity index (χ1n) is 14.3. The summed E-state index contributed by atoms with van der Waals surface area (Å²) in [5.74, 6) is 0.857. The quantitative estimate of drug-likeness (QED) is 0.337. The molecule has 0 unspecified atom stereocenters. The zero-order chi connectivity index (χ0) is 25.8. The molecule has 5 aliphatic rings. The van der Waals surface area contributed by atoms with Crippen LogP contribution < -0.4 is 0 Å². The fraction of sp³-hybridized carbons (Fsp3) is 0.903. The summed E-state index contributed by atoms with van der Waals surface area (Å²) >= 11 is 0. The first-order valence-corrected chi connectivity index (χ1v) is 14.3. The maximum absolute atomic E-state index is 13.4. The first kappa shape index (κ1) is 25.8. The molecule has 0 spiro atoms. The van der Waals surface area contributed by atoms with Crippen LogP contribution in [-0.2, 0) is 9.53 Å². The van der Waals surface area contributed by atoms with E-state index in [1.165, 1.54) is 12.7 Å². The van der Waals surface area contributed by atoms with Crippen molar-refractivity contribution in [3.63, 3.8) is 0 Å². The number of esters is 1. The predicted molar refractivity (Wildman–Crippen MR) is 138 cm³/mol. The molecule has 0 aliphatic heterocycles. The average Bonchev–Trinajstić information content (AvgIpc) is 2.76. The second kappa shape index (κ2) is 7.59. The summed E-state index contributed by atoms with van der Waals surface area (Å²) in [7, 11) is 1.49. The summed E-state index contributed by atoms with van der Waals surface area (Å²) in [6.45, 7) is 16.7. The summed E-state index contributed by atoms with van der Waals surface area (Å²) < 4.78 is 5.40. The molecule has 0 heterocycles. The smallest absolute Gasteiger partial charge is 0.315 e. The van der Waals surface area contributed by atoms with Gasteiger partial charge in [-0.25, -0.2) is 0 Å². The van der Waals surface area contributed by atoms with Crippen LogP contribution in [0.2, 0.25) is 0 Å². The van der Waals surface area contributed by atoms with Crippen molar-refractivity contribution in [2.45, 2.75) is 118 Å². The summed E-state index contributed by atoms with van der Waals surface area (Å²) in [6, 6.07) is 0. The molecule has 4 fully saturated rings. The molecule has 0 bridgehead atoms. The lowest BCUT2D eigenvalue weighted by Gasteiger charge is -2.71. The van der Waals surface area contributed by atoms with Gasteiger partial charge in [0.25, 0.3) is 0 Å². The number of carbonyl (C=O) groups excluding carboxylic acids is 1. The number of carbonyl (C=O) groups is 1. The molecule has 9 atom stereocenters. The zero-order valence-corrected chi connectivity index (χ0v) is 23.5. The molecular weight excluding hydrogens is 436 g/mol. The topological polar surface area (TPSA) is 66.8 Å². The Balaban J connectivity index is 1.63. The summed E-state index contributed by atoms with van der Waals surface area (Å²) in [4.78, 5) is 13.4. The molecule has 4 nitrogen and oxygen atoms in total. The highest BCUT2D eigenvalue weighted by Crippen LogP contribution is 2.75. The number of ether oxygens (including phenoxy) is 1. The normalized spacial score (nSPS) is 52.2. The van der Waals surface area contributed by atoms with Crippen molar-refractivity contribution < 1.29 is 19.7 Å². The SMILES string of the molecule is COC(=O)[C@]12CCC(C)(C)C[C@H]1C1=CC[C@@H]3[C@@]4(C)CC[C@H](O)C(C)(C)[C@@H]4CC[C@@]3(C)[C@]1(C)C[C@@H]2O. The van der Waals surface area contributed by atoms with Gasteiger partial charge >= 0.3 is 5.97 Å². The van der Waals surface area contributed by atoms with Gasteiger partial charge < -0.3 is 14.9 Å². The molecule has 0 saturated heterocycles. The number of aliphatic hydroxyl groups is 2. The van der Waals surface area contributed by atoms with E-state index in [-0.39, 0.29) is 45.1 Å². The van der Waals surface area contributed by atoms with E-state index < -0.39 is 11.5 Å². The van der Waals surface area contributed by atoms with Crippen LogP contribution in [0.5, 0.6) is 0 Å². The van der Waals surface area contributed by atoms with Gasteiger partial charge in [-0.05, 0) is 103 Å². The molecule has 0 radical (unpaired) electrons. The van der Waals surface area contributed by atoms with E-state index in [0.29, 0.717) is 24.7 Å². The van der Waals surface area contributed by atoms with Gasteiger partial charge in [-0.3, -0.25) is 4.79 Å². The molecule has 2 N–H and O–H groups in total. The molecule has 0 aromatic heterocycles. The minimum atomic E-state index is -0.809. The lowest BCUT2D eigenvalue weighted by Crippen LogP contribution is -2.67. The molecule has 0 amide bonds. The van der Waals surface area contributed by atoms with Crippen LogP contribution in [0.15, 0.2) is 11.6 Å². The predicted octanol–water partition coefficient (Wildman–Crippen LogP) is 6.29. The second-order valence-corrected chi connectivity index (χ2v) is 15.3. The Morgan fingerprint density at radius 2 is 1.57 bits per heavy atom. The monoisotopic (exact) mass is 486 g/mol. The lowest BCUT2D eigenvalue weighted by molar-refractivity contribution is -0.219. The molecule has 0 aromatic carbocycles. The molecule has 35 heavy (non-hydrogen) atoms. The number of hydrogen-bond acceptors (Lipinski definition) is 4. The van der Waals surface area contributed by atoms with Crippen molar-refractivity contribution in [2.75, 3.05) is 7.11 Å². The highest BCUT2D eigenvalue weighted by atomic mass is 16.5. The van der Waals surface area contributed by atoms with Crippen LogP contribution in [0.25, 0.3) is 0 Å². The Hall–Kier alpha value is -0.870. The minimum Gasteiger partial charge on any atom is -0.468 e. The van der Waals surface area contributed by atoms with Crippen LogP contribution in [0.4, 0.5) is 0 Å². The van der Waals surface area contributed by atoms with Crippen molar-refractivity contribution in [1.29, 1.82) is 0 Å². The number of allylic oxidation sites excluding steroid dienone is 2. The summed E-state index contributed by atoms with van der Waals surface area (Å²) in [5.41, 5.74) is 0.803. The maximum Gasteiger partial charge on any atom is 0.315 e. The van der Waals surface area contributed by atoms with Gasteiger partial charge in [-0.2, -0.15) is 0 Å². The lowest BCUT2D eigenvalue weighted by atomic mass is 9.33. The maximum atomic E-state index is 13.4. The third-order valence-corrected chi connectivity index (χ3v) is 13.2. The van der Waals surface area contributed by atoms with Crippen molar-refractivity contribution in [3.05, 3.63) is 11.6 Å². The Morgan fingerprint density at radius 1 is 0.886 bits per heavy atom. The van der Waals surface area contributed by atoms with E-state index >= 15 is 0 Å². The van der Waals surface area contributed by atoms with Crippen molar-refractivity contribution >= 4 is 5.97 Å². The van der Waals surface area contributed by atoms with Crippen molar-refractivity contribution in [1.82, 2.24) is 0 Å². The third kappa shape index (κ3) is 3.08. The number of hydrogen-bond donors (Lipinski definition) is 2. The summed E-state index contributed by atoms with van der Waals surface area (Å²) in [6.07, 6.45) is 10.1. The highest BCUT2D eigenvalue weighted by Gasteiger charge is 2.71. The van der Waals surface area contributed by atoms with E-state index in [0.717, 1.165) is 44.9 Å². The number of methoxy groups -OCH3 is 1. The fourth-order valence-corrected chi connectivity index (χ4v) is 10.9. The highest BCUT2D eigenvalue weighted by molar-refractivity contribution is 5.79. The molecule has 0 aromatic rings. The van der Waals surface area contributed by atoms with Gasteiger partial charge in [-0.1, -0.05) is 60.1 Å². The molecule has 5 aliphatic carbocycles. The Kier molecular flexibility index (Phi) is 5.59. The van der Waals surface area contributed by atoms with Gasteiger partial charge in [0.15, 0.2) is 0 Å². The zero-order valence-electron chi connectivity index (χ0n) is 23.5. The van der Waals surface area contributed by atoms with Gasteiger partial charge in [0.05, 0.1) is 19.3 Å². The molecule has 198 valence electrons. The molecular formula is C31H50O4. The van der Waals surface area contributed by atoms with E-state index in [1.54, 1.807) is 0 Å². The fourth-order valence-electron chi connectivity index (χ4n) is 10.9. The second-order valence-electron chi connectivity index (χ2n) is 15.3. The van der Waals surface area contributed by atoms with Gasteiger partial charge in [-0.15, -0.1) is 0 Å². The van der Waals surface area contributed by atoms with Crippen LogP contribution in [0.1, 0.15) is 106 Å². The Morgan fingerprint density at radius 3 is 2.23 bits per heavy atom. The Labute approximate surface area is 213 Å². The van der Waals surface area contributed by atoms with Gasteiger partial charge in [0.2, 0.25) is 0 Å². The minimum absolute atomic E-state index is 0.0420. The standard InChI is InChI=1S/C31H50O4/c1-26(2)15-16-31(25(34)35-8)20(17-26)19-9-10-22-28(5)13-12-23(32)27(3,4)21(28)11-14-29(22,6)30(19,7)18-24(31)33/h9,20-24,32-33H,10-18H2,1-8H3/t20-,21-,22+,23-,24-,28-,29+,30+,31+/m0/s1. The van der Waals surface area contributed by atoms with E-state index in [4.69, 9.17) is 4.74 Å². The molecule has 5 rings (SSSR count). The van der Waals surface area contributed by atoms with Crippen molar-refractivity contribution in [3.8, 4) is 0 Å². The van der Waals surface area contributed by atoms with Crippen molar-refractivity contribution in [2.24, 2.45) is 50.2 Å². The number of fused-ring (bicyclic) bond motifs is 7. The van der Waals surface area contributed by atoms with Crippen LogP contribution in [-0.4, -0.2) is 35.5 Å². The van der Waals surface area contributed by atoms with E-state index in [2.05, 4.69) is 54.5 Å². The molecule has 4 heteroatoms. The largest absolute Gasteiger partial charge is 0.468 e. The average molecular weight is 487 g/mol. The first-order chi connectivity index (χ1) is 16.1. The van der Waals surface area contributed by atoms with E-state index in [9.17, 15) is 15.0 Å². The van der Waals surface area contributed by atoms with E-state index in [1.807, 2.05) is 0 Å². The van der Waals surface area contributed by atoms with Gasteiger partial charge in [0.1, 0.15) is 5.41 Å². The number of rotatable bonds is 1. The Bertz CT molecular complexity index is 934. The third-order valence-electron chi connectivity index (χ3n) is 13.2.